The summed E-state index contributed by atoms with van der Waals surface area (Å²) in [5, 5.41) is 6.93. The summed E-state index contributed by atoms with van der Waals surface area (Å²) in [6.07, 6.45) is 1.59. The molecule has 122 valence electrons. The maximum Gasteiger partial charge on any atom is 0.317 e. The molecule has 2 heterocycles. The van der Waals surface area contributed by atoms with Crippen LogP contribution in [0.4, 0.5) is 4.79 Å². The molecule has 1 aromatic carbocycles. The normalized spacial score (nSPS) is 13.6. The molecule has 0 saturated heterocycles. The molecular formula is C17H21N3O3. The van der Waals surface area contributed by atoms with Crippen LogP contribution in [0.25, 0.3) is 0 Å². The summed E-state index contributed by atoms with van der Waals surface area (Å²) in [6.45, 7) is 3.73. The highest BCUT2D eigenvalue weighted by Crippen LogP contribution is 2.21. The van der Waals surface area contributed by atoms with E-state index in [-0.39, 0.29) is 6.03 Å². The van der Waals surface area contributed by atoms with Crippen LogP contribution in [0, 0.1) is 6.92 Å². The van der Waals surface area contributed by atoms with Gasteiger partial charge >= 0.3 is 6.03 Å². The number of carbonyl (C=O) groups excluding carboxylic acids is 1. The van der Waals surface area contributed by atoms with Gasteiger partial charge in [-0.15, -0.1) is 0 Å². The van der Waals surface area contributed by atoms with Crippen molar-refractivity contribution >= 4 is 6.03 Å². The summed E-state index contributed by atoms with van der Waals surface area (Å²) in [6, 6.07) is 7.81. The smallest absolute Gasteiger partial charge is 0.317 e. The number of benzene rings is 1. The van der Waals surface area contributed by atoms with Crippen LogP contribution in [0.3, 0.4) is 0 Å². The van der Waals surface area contributed by atoms with E-state index >= 15 is 0 Å². The van der Waals surface area contributed by atoms with Crippen LogP contribution in [-0.4, -0.2) is 36.3 Å². The van der Waals surface area contributed by atoms with Gasteiger partial charge in [-0.2, -0.15) is 0 Å². The molecule has 1 aliphatic rings. The largest absolute Gasteiger partial charge is 0.497 e. The summed E-state index contributed by atoms with van der Waals surface area (Å²) in [5.74, 6) is 1.64. The molecule has 0 spiro atoms. The lowest BCUT2D eigenvalue weighted by Crippen LogP contribution is -2.43. The molecule has 0 aliphatic carbocycles. The highest BCUT2D eigenvalue weighted by Gasteiger charge is 2.25. The van der Waals surface area contributed by atoms with Crippen molar-refractivity contribution < 1.29 is 14.1 Å². The lowest BCUT2D eigenvalue weighted by molar-refractivity contribution is 0.183. The summed E-state index contributed by atoms with van der Waals surface area (Å²) in [5.41, 5.74) is 3.24. The molecule has 2 aromatic rings. The number of rotatable bonds is 4. The molecule has 3 rings (SSSR count). The molecule has 1 N–H and O–H groups in total. The van der Waals surface area contributed by atoms with E-state index in [2.05, 4.69) is 10.5 Å². The average molecular weight is 315 g/mol. The van der Waals surface area contributed by atoms with Gasteiger partial charge < -0.3 is 19.5 Å². The van der Waals surface area contributed by atoms with E-state index in [0.717, 1.165) is 41.2 Å². The lowest BCUT2D eigenvalue weighted by atomic mass is 10.1. The van der Waals surface area contributed by atoms with Crippen LogP contribution in [0.15, 0.2) is 28.8 Å². The average Bonchev–Trinajstić information content (AvgIpc) is 2.96. The Bertz CT molecular complexity index is 679. The van der Waals surface area contributed by atoms with Crippen molar-refractivity contribution in [3.8, 4) is 5.75 Å². The van der Waals surface area contributed by atoms with E-state index in [4.69, 9.17) is 9.26 Å². The van der Waals surface area contributed by atoms with Crippen molar-refractivity contribution in [1.82, 2.24) is 15.4 Å². The molecule has 1 aliphatic heterocycles. The molecule has 0 atom stereocenters. The van der Waals surface area contributed by atoms with Crippen LogP contribution in [0.1, 0.15) is 22.6 Å². The van der Waals surface area contributed by atoms with Crippen molar-refractivity contribution in [2.45, 2.75) is 26.3 Å². The van der Waals surface area contributed by atoms with Gasteiger partial charge in [0.1, 0.15) is 5.75 Å². The summed E-state index contributed by atoms with van der Waals surface area (Å²) < 4.78 is 10.4. The Labute approximate surface area is 135 Å². The van der Waals surface area contributed by atoms with Crippen LogP contribution < -0.4 is 10.1 Å². The van der Waals surface area contributed by atoms with Gasteiger partial charge in [0, 0.05) is 18.7 Å². The Kier molecular flexibility index (Phi) is 4.50. The molecule has 6 nitrogen and oxygen atoms in total. The molecule has 0 saturated carbocycles. The fourth-order valence-electron chi connectivity index (χ4n) is 2.77. The quantitative estimate of drug-likeness (QED) is 0.940. The topological polar surface area (TPSA) is 67.6 Å². The van der Waals surface area contributed by atoms with Crippen molar-refractivity contribution in [2.75, 3.05) is 20.2 Å². The fraction of sp³-hybridized carbons (Fsp3) is 0.412. The highest BCUT2D eigenvalue weighted by atomic mass is 16.5. The summed E-state index contributed by atoms with van der Waals surface area (Å²) >= 11 is 0. The number of ether oxygens (including phenoxy) is 1. The van der Waals surface area contributed by atoms with Crippen LogP contribution in [-0.2, 0) is 19.4 Å². The minimum Gasteiger partial charge on any atom is -0.497 e. The van der Waals surface area contributed by atoms with E-state index < -0.39 is 0 Å². The molecule has 0 radical (unpaired) electrons. The zero-order valence-electron chi connectivity index (χ0n) is 13.5. The van der Waals surface area contributed by atoms with Gasteiger partial charge in [-0.05, 0) is 37.5 Å². The molecular weight excluding hydrogens is 294 g/mol. The third kappa shape index (κ3) is 3.47. The van der Waals surface area contributed by atoms with Crippen LogP contribution in [0.2, 0.25) is 0 Å². The molecule has 0 unspecified atom stereocenters. The van der Waals surface area contributed by atoms with Gasteiger partial charge in [-0.25, -0.2) is 4.79 Å². The maximum absolute atomic E-state index is 12.2. The van der Waals surface area contributed by atoms with E-state index in [1.807, 2.05) is 31.2 Å². The van der Waals surface area contributed by atoms with E-state index in [1.54, 1.807) is 12.0 Å². The third-order valence-electron chi connectivity index (χ3n) is 4.17. The van der Waals surface area contributed by atoms with Crippen molar-refractivity contribution in [3.63, 3.8) is 0 Å². The fourth-order valence-corrected chi connectivity index (χ4v) is 2.77. The molecule has 1 aromatic heterocycles. The first kappa shape index (κ1) is 15.4. The number of amides is 2. The number of aryl methyl sites for hydroxylation is 1. The monoisotopic (exact) mass is 315 g/mol. The lowest BCUT2D eigenvalue weighted by Gasteiger charge is -2.25. The Morgan fingerprint density at radius 2 is 2.17 bits per heavy atom. The van der Waals surface area contributed by atoms with E-state index in [9.17, 15) is 4.79 Å². The van der Waals surface area contributed by atoms with Crippen molar-refractivity contribution in [3.05, 3.63) is 46.8 Å². The second-order valence-electron chi connectivity index (χ2n) is 5.67. The molecule has 6 heteroatoms. The number of carbonyl (C=O) groups is 1. The SMILES string of the molecule is COc1ccc(CCNC(=O)N2CCc3c(C)noc3C2)cc1. The second kappa shape index (κ2) is 6.73. The first-order valence-corrected chi connectivity index (χ1v) is 7.77. The highest BCUT2D eigenvalue weighted by molar-refractivity contribution is 5.74. The second-order valence-corrected chi connectivity index (χ2v) is 5.67. The molecule has 0 fully saturated rings. The summed E-state index contributed by atoms with van der Waals surface area (Å²) in [7, 11) is 1.65. The first-order chi connectivity index (χ1) is 11.2. The standard InChI is InChI=1S/C17H21N3O3/c1-12-15-8-10-20(11-16(15)23-19-12)17(21)18-9-7-13-3-5-14(22-2)6-4-13/h3-6H,7-11H2,1-2H3,(H,18,21). The number of hydrogen-bond donors (Lipinski definition) is 1. The van der Waals surface area contributed by atoms with E-state index in [1.165, 1.54) is 0 Å². The first-order valence-electron chi connectivity index (χ1n) is 7.77. The number of fused-ring (bicyclic) bond motifs is 1. The Morgan fingerprint density at radius 3 is 2.91 bits per heavy atom. The van der Waals surface area contributed by atoms with E-state index in [0.29, 0.717) is 19.6 Å². The molecule has 0 bridgehead atoms. The van der Waals surface area contributed by atoms with Gasteiger partial charge in [-0.1, -0.05) is 17.3 Å². The van der Waals surface area contributed by atoms with Crippen molar-refractivity contribution in [2.24, 2.45) is 0 Å². The minimum absolute atomic E-state index is 0.0572. The van der Waals surface area contributed by atoms with Gasteiger partial charge in [0.2, 0.25) is 0 Å². The number of aromatic nitrogens is 1. The van der Waals surface area contributed by atoms with Gasteiger partial charge in [0.25, 0.3) is 0 Å². The zero-order valence-corrected chi connectivity index (χ0v) is 13.5. The Hall–Kier alpha value is -2.50. The number of urea groups is 1. The molecule has 23 heavy (non-hydrogen) atoms. The van der Waals surface area contributed by atoms with Gasteiger partial charge in [0.15, 0.2) is 5.76 Å². The predicted molar refractivity (Wildman–Crippen MR) is 85.5 cm³/mol. The Morgan fingerprint density at radius 1 is 1.39 bits per heavy atom. The molecule has 2 amide bonds. The Balaban J connectivity index is 1.48. The van der Waals surface area contributed by atoms with Crippen LogP contribution >= 0.6 is 0 Å². The summed E-state index contributed by atoms with van der Waals surface area (Å²) in [4.78, 5) is 14.0. The van der Waals surface area contributed by atoms with Crippen molar-refractivity contribution in [1.29, 1.82) is 0 Å². The van der Waals surface area contributed by atoms with Gasteiger partial charge in [-0.3, -0.25) is 0 Å². The number of hydrogen-bond acceptors (Lipinski definition) is 4. The number of methoxy groups -OCH3 is 1. The minimum atomic E-state index is -0.0572. The van der Waals surface area contributed by atoms with Crippen LogP contribution in [0.5, 0.6) is 5.75 Å². The maximum atomic E-state index is 12.2. The third-order valence-corrected chi connectivity index (χ3v) is 4.17. The number of nitrogens with zero attached hydrogens (tertiary/aromatic N) is 2. The predicted octanol–water partition coefficient (Wildman–Crippen LogP) is 2.30. The number of nitrogens with one attached hydrogen (secondary N) is 1. The van der Waals surface area contributed by atoms with Gasteiger partial charge in [0.05, 0.1) is 19.3 Å². The zero-order chi connectivity index (χ0) is 16.2.